The second kappa shape index (κ2) is 10.2. The highest BCUT2D eigenvalue weighted by molar-refractivity contribution is 7.80. The van der Waals surface area contributed by atoms with Gasteiger partial charge in [0.25, 0.3) is 5.91 Å². The van der Waals surface area contributed by atoms with Crippen LogP contribution in [0.25, 0.3) is 0 Å². The molecule has 1 heterocycles. The van der Waals surface area contributed by atoms with Crippen molar-refractivity contribution >= 4 is 40.5 Å². The van der Waals surface area contributed by atoms with Crippen molar-refractivity contribution in [2.24, 2.45) is 0 Å². The summed E-state index contributed by atoms with van der Waals surface area (Å²) in [6, 6.07) is 23.0. The van der Waals surface area contributed by atoms with Crippen LogP contribution in [0.15, 0.2) is 72.8 Å². The number of aryl methyl sites for hydroxylation is 3. The molecule has 3 aromatic carbocycles. The third-order valence-corrected chi connectivity index (χ3v) is 6.50. The van der Waals surface area contributed by atoms with Crippen LogP contribution in [-0.2, 0) is 16.0 Å². The van der Waals surface area contributed by atoms with E-state index in [-0.39, 0.29) is 18.2 Å². The van der Waals surface area contributed by atoms with E-state index in [9.17, 15) is 9.59 Å². The van der Waals surface area contributed by atoms with Gasteiger partial charge < -0.3 is 10.2 Å². The minimum atomic E-state index is -0.650. The van der Waals surface area contributed by atoms with Crippen LogP contribution in [0.2, 0.25) is 0 Å². The highest BCUT2D eigenvalue weighted by Gasteiger charge is 2.43. The smallest absolute Gasteiger partial charge is 0.257 e. The summed E-state index contributed by atoms with van der Waals surface area (Å²) in [7, 11) is 0. The molecule has 1 aliphatic heterocycles. The van der Waals surface area contributed by atoms with Crippen LogP contribution in [0.3, 0.4) is 0 Å². The monoisotopic (exact) mass is 471 g/mol. The maximum Gasteiger partial charge on any atom is 0.257 e. The molecule has 1 aliphatic rings. The molecule has 1 unspecified atom stereocenters. The van der Waals surface area contributed by atoms with Crippen molar-refractivity contribution in [3.8, 4) is 0 Å². The number of nitrogens with one attached hydrogen (secondary N) is 1. The lowest BCUT2D eigenvalue weighted by molar-refractivity contribution is -0.122. The topological polar surface area (TPSA) is 52.7 Å². The number of imide groups is 1. The average Bonchev–Trinajstić information content (AvgIpc) is 3.11. The number of hydrogen-bond acceptors (Lipinski definition) is 3. The molecule has 1 saturated heterocycles. The Hall–Kier alpha value is -3.51. The lowest BCUT2D eigenvalue weighted by atomic mass is 10.1. The third kappa shape index (κ3) is 5.18. The predicted molar refractivity (Wildman–Crippen MR) is 141 cm³/mol. The molecule has 0 saturated carbocycles. The van der Waals surface area contributed by atoms with Crippen molar-refractivity contribution in [1.82, 2.24) is 4.90 Å². The summed E-state index contributed by atoms with van der Waals surface area (Å²) in [6.07, 6.45) is 0.800. The van der Waals surface area contributed by atoms with Gasteiger partial charge in [0.2, 0.25) is 5.91 Å². The Morgan fingerprint density at radius 3 is 2.32 bits per heavy atom. The molecule has 34 heavy (non-hydrogen) atoms. The second-order valence-electron chi connectivity index (χ2n) is 8.80. The summed E-state index contributed by atoms with van der Waals surface area (Å²) >= 11 is 5.80. The van der Waals surface area contributed by atoms with Crippen molar-refractivity contribution < 1.29 is 9.59 Å². The van der Waals surface area contributed by atoms with E-state index in [1.54, 1.807) is 0 Å². The lowest BCUT2D eigenvalue weighted by Gasteiger charge is -2.30. The summed E-state index contributed by atoms with van der Waals surface area (Å²) in [5.41, 5.74) is 5.95. The molecule has 0 aliphatic carbocycles. The maximum atomic E-state index is 13.5. The van der Waals surface area contributed by atoms with Gasteiger partial charge in [-0.25, -0.2) is 4.90 Å². The molecular formula is C28H29N3O2S. The van der Waals surface area contributed by atoms with E-state index in [1.165, 1.54) is 10.5 Å². The van der Waals surface area contributed by atoms with Gasteiger partial charge in [-0.1, -0.05) is 65.7 Å². The number of carbonyl (C=O) groups excluding carboxylic acids is 2. The molecule has 1 N–H and O–H groups in total. The number of carbonyl (C=O) groups is 2. The van der Waals surface area contributed by atoms with Gasteiger partial charge in [0.15, 0.2) is 5.11 Å². The van der Waals surface area contributed by atoms with Crippen LogP contribution in [0, 0.1) is 20.8 Å². The standard InChI is InChI=1S/C28H29N3O2S/c1-19-9-12-23(13-10-19)31-26(32)18-25(27(31)33)30(16-15-22-7-5-4-6-8-22)28(34)29-24-14-11-20(2)17-21(24)3/h4-14,17,25H,15-16,18H2,1-3H3,(H,29,34). The van der Waals surface area contributed by atoms with Gasteiger partial charge >= 0.3 is 0 Å². The maximum absolute atomic E-state index is 13.5. The van der Waals surface area contributed by atoms with Crippen LogP contribution in [0.4, 0.5) is 11.4 Å². The van der Waals surface area contributed by atoms with Crippen LogP contribution < -0.4 is 10.2 Å². The fraction of sp³-hybridized carbons (Fsp3) is 0.250. The van der Waals surface area contributed by atoms with Crippen LogP contribution in [0.5, 0.6) is 0 Å². The highest BCUT2D eigenvalue weighted by Crippen LogP contribution is 2.27. The zero-order valence-corrected chi connectivity index (χ0v) is 20.6. The number of benzene rings is 3. The van der Waals surface area contributed by atoms with Crippen molar-refractivity contribution in [2.45, 2.75) is 39.7 Å². The van der Waals surface area contributed by atoms with Gasteiger partial charge in [0.05, 0.1) is 12.1 Å². The van der Waals surface area contributed by atoms with Gasteiger partial charge in [-0.3, -0.25) is 9.59 Å². The molecule has 174 valence electrons. The van der Waals surface area contributed by atoms with Gasteiger partial charge in [-0.05, 0) is 68.7 Å². The van der Waals surface area contributed by atoms with Gasteiger partial charge in [0.1, 0.15) is 6.04 Å². The number of nitrogens with zero attached hydrogens (tertiary/aromatic N) is 2. The Balaban J connectivity index is 1.60. The molecule has 1 atom stereocenters. The number of anilines is 2. The normalized spacial score (nSPS) is 15.5. The molecule has 0 bridgehead atoms. The lowest BCUT2D eigenvalue weighted by Crippen LogP contribution is -2.48. The second-order valence-corrected chi connectivity index (χ2v) is 9.19. The van der Waals surface area contributed by atoms with E-state index >= 15 is 0 Å². The molecular weight excluding hydrogens is 442 g/mol. The molecule has 4 rings (SSSR count). The first-order valence-electron chi connectivity index (χ1n) is 11.5. The summed E-state index contributed by atoms with van der Waals surface area (Å²) in [5, 5.41) is 3.77. The zero-order chi connectivity index (χ0) is 24.2. The molecule has 0 radical (unpaired) electrons. The van der Waals surface area contributed by atoms with E-state index in [2.05, 4.69) is 23.5 Å². The van der Waals surface area contributed by atoms with Crippen molar-refractivity contribution in [1.29, 1.82) is 0 Å². The van der Waals surface area contributed by atoms with Gasteiger partial charge in [0, 0.05) is 12.2 Å². The average molecular weight is 472 g/mol. The molecule has 3 aromatic rings. The predicted octanol–water partition coefficient (Wildman–Crippen LogP) is 5.19. The number of rotatable bonds is 6. The van der Waals surface area contributed by atoms with E-state index in [0.717, 1.165) is 22.4 Å². The van der Waals surface area contributed by atoms with Crippen molar-refractivity contribution in [3.63, 3.8) is 0 Å². The summed E-state index contributed by atoms with van der Waals surface area (Å²) in [6.45, 7) is 6.56. The first-order chi connectivity index (χ1) is 16.3. The Bertz CT molecular complexity index is 1210. The van der Waals surface area contributed by atoms with E-state index in [1.807, 2.05) is 80.3 Å². The molecule has 6 heteroatoms. The Kier molecular flexibility index (Phi) is 7.08. The van der Waals surface area contributed by atoms with E-state index in [0.29, 0.717) is 23.8 Å². The fourth-order valence-corrected chi connectivity index (χ4v) is 4.59. The van der Waals surface area contributed by atoms with E-state index < -0.39 is 6.04 Å². The first-order valence-corrected chi connectivity index (χ1v) is 11.9. The largest absolute Gasteiger partial charge is 0.336 e. The molecule has 0 aromatic heterocycles. The van der Waals surface area contributed by atoms with Crippen LogP contribution in [-0.4, -0.2) is 34.4 Å². The highest BCUT2D eigenvalue weighted by atomic mass is 32.1. The first kappa shape index (κ1) is 23.6. The number of thiocarbonyl (C=S) groups is 1. The number of amides is 2. The Morgan fingerprint density at radius 2 is 1.65 bits per heavy atom. The minimum Gasteiger partial charge on any atom is -0.336 e. The van der Waals surface area contributed by atoms with E-state index in [4.69, 9.17) is 12.2 Å². The molecule has 2 amide bonds. The fourth-order valence-electron chi connectivity index (χ4n) is 4.26. The zero-order valence-electron chi connectivity index (χ0n) is 19.7. The van der Waals surface area contributed by atoms with Crippen LogP contribution in [0.1, 0.15) is 28.7 Å². The number of hydrogen-bond donors (Lipinski definition) is 1. The Morgan fingerprint density at radius 1 is 0.971 bits per heavy atom. The van der Waals surface area contributed by atoms with Gasteiger partial charge in [-0.15, -0.1) is 0 Å². The van der Waals surface area contributed by atoms with Crippen molar-refractivity contribution in [2.75, 3.05) is 16.8 Å². The molecule has 0 spiro atoms. The summed E-state index contributed by atoms with van der Waals surface area (Å²) in [4.78, 5) is 29.6. The SMILES string of the molecule is Cc1ccc(N2C(=O)CC(N(CCc3ccccc3)C(=S)Nc3ccc(C)cc3C)C2=O)cc1. The minimum absolute atomic E-state index is 0.0935. The van der Waals surface area contributed by atoms with Gasteiger partial charge in [-0.2, -0.15) is 0 Å². The summed E-state index contributed by atoms with van der Waals surface area (Å²) < 4.78 is 0. The third-order valence-electron chi connectivity index (χ3n) is 6.16. The Labute approximate surface area is 206 Å². The molecule has 5 nitrogen and oxygen atoms in total. The molecule has 1 fully saturated rings. The van der Waals surface area contributed by atoms with Crippen molar-refractivity contribution in [3.05, 3.63) is 95.1 Å². The van der Waals surface area contributed by atoms with Crippen LogP contribution >= 0.6 is 12.2 Å². The summed E-state index contributed by atoms with van der Waals surface area (Å²) in [5.74, 6) is -0.454. The quantitative estimate of drug-likeness (QED) is 0.396.